The number of benzene rings is 1. The number of aromatic nitrogens is 2. The van der Waals surface area contributed by atoms with Crippen molar-refractivity contribution in [3.8, 4) is 5.75 Å². The molecule has 8 heteroatoms. The number of carbonyl (C=O) groups is 1. The largest absolute Gasteiger partial charge is 0.491 e. The Labute approximate surface area is 139 Å². The number of urea groups is 1. The van der Waals surface area contributed by atoms with Gasteiger partial charge < -0.3 is 24.8 Å². The number of rotatable bonds is 6. The molecule has 2 heterocycles. The number of morpholine rings is 1. The molecule has 3 N–H and O–H groups in total. The van der Waals surface area contributed by atoms with Crippen LogP contribution in [-0.2, 0) is 4.74 Å². The first-order chi connectivity index (χ1) is 11.7. The fourth-order valence-corrected chi connectivity index (χ4v) is 2.51. The monoisotopic (exact) mass is 334 g/mol. The summed E-state index contributed by atoms with van der Waals surface area (Å²) in [7, 11) is 0. The van der Waals surface area contributed by atoms with Crippen LogP contribution in [0.5, 0.6) is 5.75 Å². The lowest BCUT2D eigenvalue weighted by Gasteiger charge is -2.27. The van der Waals surface area contributed by atoms with E-state index in [1.54, 1.807) is 11.1 Å². The second-order valence-corrected chi connectivity index (χ2v) is 5.70. The summed E-state index contributed by atoms with van der Waals surface area (Å²) < 4.78 is 10.8. The Morgan fingerprint density at radius 2 is 2.29 bits per heavy atom. The molecular formula is C16H22N4O4. The lowest BCUT2D eigenvalue weighted by atomic mass is 10.2. The van der Waals surface area contributed by atoms with Gasteiger partial charge in [0.15, 0.2) is 0 Å². The van der Waals surface area contributed by atoms with Gasteiger partial charge in [-0.1, -0.05) is 0 Å². The minimum Gasteiger partial charge on any atom is -0.491 e. The number of ether oxygens (including phenoxy) is 2. The number of H-pyrrole nitrogens is 1. The van der Waals surface area contributed by atoms with Crippen LogP contribution < -0.4 is 10.1 Å². The maximum absolute atomic E-state index is 11.9. The normalized spacial score (nSPS) is 16.1. The lowest BCUT2D eigenvalue weighted by molar-refractivity contribution is 0.0525. The van der Waals surface area contributed by atoms with Gasteiger partial charge in [0.25, 0.3) is 0 Å². The summed E-state index contributed by atoms with van der Waals surface area (Å²) in [5.41, 5.74) is 0.939. The van der Waals surface area contributed by atoms with Gasteiger partial charge in [0.05, 0.1) is 31.0 Å². The van der Waals surface area contributed by atoms with E-state index in [0.29, 0.717) is 45.0 Å². The highest BCUT2D eigenvalue weighted by Gasteiger charge is 2.16. The number of nitrogens with zero attached hydrogens (tertiary/aromatic N) is 2. The number of fused-ring (bicyclic) bond motifs is 1. The predicted octanol–water partition coefficient (Wildman–Crippen LogP) is 0.734. The van der Waals surface area contributed by atoms with E-state index in [9.17, 15) is 9.90 Å². The van der Waals surface area contributed by atoms with Crippen molar-refractivity contribution in [3.63, 3.8) is 0 Å². The summed E-state index contributed by atoms with van der Waals surface area (Å²) in [6, 6.07) is 5.46. The third-order valence-electron chi connectivity index (χ3n) is 3.91. The number of hydrogen-bond donors (Lipinski definition) is 3. The highest BCUT2D eigenvalue weighted by atomic mass is 16.5. The fourth-order valence-electron chi connectivity index (χ4n) is 2.51. The van der Waals surface area contributed by atoms with Crippen molar-refractivity contribution in [3.05, 3.63) is 24.4 Å². The highest BCUT2D eigenvalue weighted by Crippen LogP contribution is 2.18. The van der Waals surface area contributed by atoms with Gasteiger partial charge in [-0.25, -0.2) is 4.79 Å². The molecule has 0 radical (unpaired) electrons. The number of carbonyl (C=O) groups excluding carboxylic acids is 1. The summed E-state index contributed by atoms with van der Waals surface area (Å²) in [5, 5.41) is 20.6. The molecule has 1 aromatic heterocycles. The zero-order valence-electron chi connectivity index (χ0n) is 13.4. The summed E-state index contributed by atoms with van der Waals surface area (Å²) in [5.74, 6) is 0.681. The summed E-state index contributed by atoms with van der Waals surface area (Å²) in [4.78, 5) is 13.6. The van der Waals surface area contributed by atoms with E-state index in [1.807, 2.05) is 18.2 Å². The zero-order valence-corrected chi connectivity index (χ0v) is 13.4. The molecule has 0 saturated carbocycles. The quantitative estimate of drug-likeness (QED) is 0.723. The first-order valence-electron chi connectivity index (χ1n) is 8.07. The van der Waals surface area contributed by atoms with Gasteiger partial charge in [-0.15, -0.1) is 0 Å². The van der Waals surface area contributed by atoms with E-state index in [-0.39, 0.29) is 12.6 Å². The van der Waals surface area contributed by atoms with E-state index in [4.69, 9.17) is 9.47 Å². The van der Waals surface area contributed by atoms with Gasteiger partial charge >= 0.3 is 6.03 Å². The van der Waals surface area contributed by atoms with Crippen molar-refractivity contribution >= 4 is 16.9 Å². The molecule has 1 aliphatic heterocycles. The van der Waals surface area contributed by atoms with Crippen LogP contribution in [0.25, 0.3) is 10.9 Å². The molecule has 0 spiro atoms. The lowest BCUT2D eigenvalue weighted by Crippen LogP contribution is -2.46. The molecule has 2 aromatic rings. The van der Waals surface area contributed by atoms with Crippen LogP contribution in [0.3, 0.4) is 0 Å². The predicted molar refractivity (Wildman–Crippen MR) is 88.0 cm³/mol. The first-order valence-corrected chi connectivity index (χ1v) is 8.07. The van der Waals surface area contributed by atoms with Gasteiger partial charge in [0.1, 0.15) is 12.4 Å². The number of amides is 2. The van der Waals surface area contributed by atoms with Crippen molar-refractivity contribution < 1.29 is 19.4 Å². The molecule has 1 aromatic carbocycles. The molecule has 0 bridgehead atoms. The molecule has 0 unspecified atom stereocenters. The Morgan fingerprint density at radius 3 is 3.12 bits per heavy atom. The number of hydrogen-bond acceptors (Lipinski definition) is 5. The fraction of sp³-hybridized carbons (Fsp3) is 0.500. The van der Waals surface area contributed by atoms with Crippen molar-refractivity contribution in [2.45, 2.75) is 12.5 Å². The van der Waals surface area contributed by atoms with Crippen molar-refractivity contribution in [1.29, 1.82) is 0 Å². The van der Waals surface area contributed by atoms with Crippen molar-refractivity contribution in [1.82, 2.24) is 20.4 Å². The molecule has 1 atom stereocenters. The molecule has 2 amide bonds. The zero-order chi connectivity index (χ0) is 16.8. The average molecular weight is 334 g/mol. The third-order valence-corrected chi connectivity index (χ3v) is 3.91. The standard InChI is InChI=1S/C16H22N4O4/c21-13(3-4-17-16(22)20-5-7-23-8-6-20)11-24-14-1-2-15-12(9-14)10-18-19-15/h1-2,9-10,13,21H,3-8,11H2,(H,17,22)(H,18,19)/t13-/m0/s1. The minimum absolute atomic E-state index is 0.114. The third kappa shape index (κ3) is 4.36. The van der Waals surface area contributed by atoms with Gasteiger partial charge in [-0.2, -0.15) is 5.10 Å². The maximum Gasteiger partial charge on any atom is 0.317 e. The number of aliphatic hydroxyl groups is 1. The number of aromatic amines is 1. The van der Waals surface area contributed by atoms with Crippen molar-refractivity contribution in [2.75, 3.05) is 39.5 Å². The minimum atomic E-state index is -0.643. The number of nitrogens with one attached hydrogen (secondary N) is 2. The van der Waals surface area contributed by atoms with E-state index >= 15 is 0 Å². The van der Waals surface area contributed by atoms with Crippen LogP contribution in [0.1, 0.15) is 6.42 Å². The van der Waals surface area contributed by atoms with E-state index in [0.717, 1.165) is 10.9 Å². The molecule has 1 aliphatic rings. The molecule has 24 heavy (non-hydrogen) atoms. The van der Waals surface area contributed by atoms with Gasteiger partial charge in [0.2, 0.25) is 0 Å². The Hall–Kier alpha value is -2.32. The van der Waals surface area contributed by atoms with Crippen LogP contribution in [0.4, 0.5) is 4.79 Å². The molecule has 1 saturated heterocycles. The maximum atomic E-state index is 11.9. The van der Waals surface area contributed by atoms with Gasteiger partial charge in [-0.05, 0) is 24.6 Å². The summed E-state index contributed by atoms with van der Waals surface area (Å²) in [6.45, 7) is 2.94. The van der Waals surface area contributed by atoms with E-state index in [1.165, 1.54) is 0 Å². The Morgan fingerprint density at radius 1 is 1.46 bits per heavy atom. The molecule has 130 valence electrons. The summed E-state index contributed by atoms with van der Waals surface area (Å²) >= 11 is 0. The van der Waals surface area contributed by atoms with Gasteiger partial charge in [0, 0.05) is 25.0 Å². The SMILES string of the molecule is O=C(NCC[C@H](O)COc1ccc2[nH]ncc2c1)N1CCOCC1. The van der Waals surface area contributed by atoms with Crippen LogP contribution in [-0.4, -0.2) is 71.8 Å². The molecule has 1 fully saturated rings. The molecular weight excluding hydrogens is 312 g/mol. The first kappa shape index (κ1) is 16.5. The second-order valence-electron chi connectivity index (χ2n) is 5.70. The van der Waals surface area contributed by atoms with Crippen LogP contribution >= 0.6 is 0 Å². The number of aliphatic hydroxyl groups excluding tert-OH is 1. The van der Waals surface area contributed by atoms with Crippen LogP contribution in [0.2, 0.25) is 0 Å². The van der Waals surface area contributed by atoms with Crippen LogP contribution in [0.15, 0.2) is 24.4 Å². The van der Waals surface area contributed by atoms with E-state index in [2.05, 4.69) is 15.5 Å². The Bertz CT molecular complexity index is 669. The second kappa shape index (κ2) is 7.98. The molecule has 8 nitrogen and oxygen atoms in total. The average Bonchev–Trinajstić information content (AvgIpc) is 3.08. The molecule has 3 rings (SSSR count). The van der Waals surface area contributed by atoms with Gasteiger partial charge in [-0.3, -0.25) is 5.10 Å². The van der Waals surface area contributed by atoms with E-state index < -0.39 is 6.10 Å². The Balaban J connectivity index is 1.36. The van der Waals surface area contributed by atoms with Crippen molar-refractivity contribution in [2.24, 2.45) is 0 Å². The smallest absolute Gasteiger partial charge is 0.317 e. The topological polar surface area (TPSA) is 99.7 Å². The molecule has 0 aliphatic carbocycles. The van der Waals surface area contributed by atoms with Crippen LogP contribution in [0, 0.1) is 0 Å². The Kier molecular flexibility index (Phi) is 5.50. The summed E-state index contributed by atoms with van der Waals surface area (Å²) in [6.07, 6.45) is 1.51. The highest BCUT2D eigenvalue weighted by molar-refractivity contribution is 5.79.